The molecule has 78 valence electrons. The highest BCUT2D eigenvalue weighted by atomic mass is 28.3. The largest absolute Gasteiger partial charge is 0.337 e. The molecule has 1 N–H and O–H groups in total. The highest BCUT2D eigenvalue weighted by Gasteiger charge is 2.20. The van der Waals surface area contributed by atoms with E-state index in [1.54, 1.807) is 5.19 Å². The molecule has 1 aromatic carbocycles. The fraction of sp³-hybridized carbons (Fsp3) is 0.455. The van der Waals surface area contributed by atoms with Gasteiger partial charge in [0.1, 0.15) is 0 Å². The summed E-state index contributed by atoms with van der Waals surface area (Å²) in [6.45, 7) is 9.43. The average Bonchev–Trinajstić information content (AvgIpc) is 2.18. The Bertz CT molecular complexity index is 291. The van der Waals surface area contributed by atoms with Crippen molar-refractivity contribution < 1.29 is 0 Å². The van der Waals surface area contributed by atoms with Gasteiger partial charge >= 0.3 is 0 Å². The molecular weight excluding hydrogens is 202 g/mol. The van der Waals surface area contributed by atoms with Gasteiger partial charge in [-0.3, -0.25) is 0 Å². The maximum atomic E-state index is 3.46. The van der Waals surface area contributed by atoms with Gasteiger partial charge in [-0.1, -0.05) is 55.6 Å². The van der Waals surface area contributed by atoms with Gasteiger partial charge in [-0.25, -0.2) is 0 Å². The summed E-state index contributed by atoms with van der Waals surface area (Å²) >= 11 is 0. The molecule has 0 aliphatic heterocycles. The first-order chi connectivity index (χ1) is 6.47. The first kappa shape index (κ1) is 11.7. The van der Waals surface area contributed by atoms with Crippen LogP contribution in [0.15, 0.2) is 24.3 Å². The van der Waals surface area contributed by atoms with Crippen LogP contribution in [0, 0.1) is 0 Å². The van der Waals surface area contributed by atoms with Gasteiger partial charge in [0.2, 0.25) is 0 Å². The molecule has 0 radical (unpaired) electrons. The summed E-state index contributed by atoms with van der Waals surface area (Å²) in [5.74, 6) is 0. The molecule has 0 atom stereocenters. The molecule has 0 spiro atoms. The van der Waals surface area contributed by atoms with Crippen molar-refractivity contribution >= 4 is 27.4 Å². The van der Waals surface area contributed by atoms with E-state index >= 15 is 0 Å². The van der Waals surface area contributed by atoms with E-state index in [1.165, 1.54) is 5.19 Å². The summed E-state index contributed by atoms with van der Waals surface area (Å²) < 4.78 is 0. The van der Waals surface area contributed by atoms with E-state index < -0.39 is 17.0 Å². The van der Waals surface area contributed by atoms with Gasteiger partial charge in [-0.2, -0.15) is 0 Å². The SMILES string of the molecule is CN[Si](C)(C)c1ccc([SiH](C)C)cc1. The molecule has 0 heterocycles. The highest BCUT2D eigenvalue weighted by molar-refractivity contribution is 6.87. The van der Waals surface area contributed by atoms with Crippen LogP contribution in [0.1, 0.15) is 0 Å². The van der Waals surface area contributed by atoms with E-state index in [0.717, 1.165) is 0 Å². The Kier molecular flexibility index (Phi) is 3.69. The van der Waals surface area contributed by atoms with Gasteiger partial charge in [0.15, 0.2) is 8.24 Å². The van der Waals surface area contributed by atoms with Crippen molar-refractivity contribution in [2.75, 3.05) is 7.05 Å². The molecule has 0 bridgehead atoms. The van der Waals surface area contributed by atoms with E-state index in [1.807, 2.05) is 0 Å². The zero-order chi connectivity index (χ0) is 10.8. The molecule has 0 aliphatic rings. The Morgan fingerprint density at radius 2 is 1.57 bits per heavy atom. The van der Waals surface area contributed by atoms with Gasteiger partial charge < -0.3 is 4.98 Å². The summed E-state index contributed by atoms with van der Waals surface area (Å²) in [7, 11) is 0.104. The van der Waals surface area contributed by atoms with Crippen LogP contribution < -0.4 is 15.4 Å². The maximum Gasteiger partial charge on any atom is 0.151 e. The van der Waals surface area contributed by atoms with Crippen LogP contribution in [0.3, 0.4) is 0 Å². The van der Waals surface area contributed by atoms with E-state index in [2.05, 4.69) is 62.5 Å². The Balaban J connectivity index is 2.94. The van der Waals surface area contributed by atoms with Crippen molar-refractivity contribution in [3.63, 3.8) is 0 Å². The molecule has 0 saturated heterocycles. The van der Waals surface area contributed by atoms with E-state index in [9.17, 15) is 0 Å². The van der Waals surface area contributed by atoms with Crippen LogP contribution in [-0.4, -0.2) is 24.1 Å². The Morgan fingerprint density at radius 3 is 1.93 bits per heavy atom. The van der Waals surface area contributed by atoms with Gasteiger partial charge in [-0.15, -0.1) is 0 Å². The minimum absolute atomic E-state index is 0.617. The minimum atomic E-state index is -1.35. The standard InChI is InChI=1S/C11H21NSi2/c1-12-14(4,5)11-8-6-10(7-9-11)13(2)3/h6-9,12-13H,1-5H3. The monoisotopic (exact) mass is 223 g/mol. The van der Waals surface area contributed by atoms with Gasteiger partial charge in [0.05, 0.1) is 8.80 Å². The van der Waals surface area contributed by atoms with E-state index in [-0.39, 0.29) is 0 Å². The van der Waals surface area contributed by atoms with Crippen molar-refractivity contribution in [2.45, 2.75) is 26.2 Å². The molecule has 0 saturated carbocycles. The predicted octanol–water partition coefficient (Wildman–Crippen LogP) is 1.01. The number of nitrogens with one attached hydrogen (secondary N) is 1. The van der Waals surface area contributed by atoms with Crippen molar-refractivity contribution in [1.82, 2.24) is 4.98 Å². The molecule has 14 heavy (non-hydrogen) atoms. The maximum absolute atomic E-state index is 3.46. The molecule has 3 heteroatoms. The van der Waals surface area contributed by atoms with Crippen molar-refractivity contribution in [1.29, 1.82) is 0 Å². The minimum Gasteiger partial charge on any atom is -0.337 e. The van der Waals surface area contributed by atoms with Gasteiger partial charge in [0, 0.05) is 0 Å². The van der Waals surface area contributed by atoms with Crippen LogP contribution in [0.2, 0.25) is 26.2 Å². The molecular formula is C11H21NSi2. The van der Waals surface area contributed by atoms with Crippen LogP contribution >= 0.6 is 0 Å². The Labute approximate surface area is 90.2 Å². The molecule has 0 amide bonds. The zero-order valence-electron chi connectivity index (χ0n) is 9.89. The lowest BCUT2D eigenvalue weighted by molar-refractivity contribution is 1.18. The summed E-state index contributed by atoms with van der Waals surface area (Å²) in [5, 5.41) is 3.06. The van der Waals surface area contributed by atoms with Crippen molar-refractivity contribution in [2.24, 2.45) is 0 Å². The third-order valence-electron chi connectivity index (χ3n) is 2.92. The normalized spacial score (nSPS) is 12.1. The lowest BCUT2D eigenvalue weighted by Gasteiger charge is -2.22. The van der Waals surface area contributed by atoms with Crippen molar-refractivity contribution in [3.05, 3.63) is 24.3 Å². The lowest BCUT2D eigenvalue weighted by Crippen LogP contribution is -2.53. The molecule has 0 unspecified atom stereocenters. The third kappa shape index (κ3) is 2.56. The summed E-state index contributed by atoms with van der Waals surface area (Å²) in [4.78, 5) is 3.46. The second-order valence-corrected chi connectivity index (χ2v) is 12.0. The van der Waals surface area contributed by atoms with Crippen LogP contribution in [-0.2, 0) is 0 Å². The number of hydrogen-bond acceptors (Lipinski definition) is 1. The van der Waals surface area contributed by atoms with Crippen LogP contribution in [0.4, 0.5) is 0 Å². The molecule has 0 aliphatic carbocycles. The van der Waals surface area contributed by atoms with Crippen LogP contribution in [0.5, 0.6) is 0 Å². The molecule has 1 rings (SSSR count). The second-order valence-electron chi connectivity index (χ2n) is 4.65. The molecule has 1 nitrogen and oxygen atoms in total. The Morgan fingerprint density at radius 1 is 1.07 bits per heavy atom. The smallest absolute Gasteiger partial charge is 0.151 e. The first-order valence-electron chi connectivity index (χ1n) is 5.26. The fourth-order valence-electron chi connectivity index (χ4n) is 1.43. The first-order valence-corrected chi connectivity index (χ1v) is 11.2. The van der Waals surface area contributed by atoms with Gasteiger partial charge in [-0.05, 0) is 12.2 Å². The molecule has 0 fully saturated rings. The summed E-state index contributed by atoms with van der Waals surface area (Å²) in [6, 6.07) is 9.26. The fourth-order valence-corrected chi connectivity index (χ4v) is 3.68. The topological polar surface area (TPSA) is 12.0 Å². The average molecular weight is 223 g/mol. The van der Waals surface area contributed by atoms with E-state index in [0.29, 0.717) is 0 Å². The zero-order valence-corrected chi connectivity index (χ0v) is 12.0. The lowest BCUT2D eigenvalue weighted by atomic mass is 10.4. The number of hydrogen-bond donors (Lipinski definition) is 1. The molecule has 0 aromatic heterocycles. The number of rotatable bonds is 3. The quantitative estimate of drug-likeness (QED) is 0.754. The van der Waals surface area contributed by atoms with Crippen LogP contribution in [0.25, 0.3) is 0 Å². The van der Waals surface area contributed by atoms with Gasteiger partial charge in [0.25, 0.3) is 0 Å². The molecule has 1 aromatic rings. The summed E-state index contributed by atoms with van der Waals surface area (Å²) in [5.41, 5.74) is 0. The second kappa shape index (κ2) is 4.42. The third-order valence-corrected chi connectivity index (χ3v) is 7.67. The van der Waals surface area contributed by atoms with E-state index in [4.69, 9.17) is 0 Å². The summed E-state index contributed by atoms with van der Waals surface area (Å²) in [6.07, 6.45) is 0. The van der Waals surface area contributed by atoms with Crippen molar-refractivity contribution in [3.8, 4) is 0 Å². The predicted molar refractivity (Wildman–Crippen MR) is 71.1 cm³/mol. The highest BCUT2D eigenvalue weighted by Crippen LogP contribution is 1.97. The number of benzene rings is 1. The Hall–Kier alpha value is -0.386.